The van der Waals surface area contributed by atoms with Gasteiger partial charge in [0.1, 0.15) is 11.9 Å². The highest BCUT2D eigenvalue weighted by molar-refractivity contribution is 5.92. The van der Waals surface area contributed by atoms with Gasteiger partial charge in [-0.1, -0.05) is 24.3 Å². The smallest absolute Gasteiger partial charge is 0.302 e. The lowest BCUT2D eigenvalue weighted by atomic mass is 9.74. The molecule has 0 amide bonds. The van der Waals surface area contributed by atoms with E-state index in [1.165, 1.54) is 6.92 Å². The van der Waals surface area contributed by atoms with Gasteiger partial charge in [-0.15, -0.1) is 0 Å². The van der Waals surface area contributed by atoms with Gasteiger partial charge in [0.05, 0.1) is 0 Å². The molecule has 3 heteroatoms. The van der Waals surface area contributed by atoms with E-state index in [4.69, 9.17) is 4.74 Å². The van der Waals surface area contributed by atoms with Gasteiger partial charge in [0.25, 0.3) is 0 Å². The second-order valence-electron chi connectivity index (χ2n) is 4.45. The fraction of sp³-hybridized carbons (Fsp3) is 0.500. The third kappa shape index (κ3) is 1.06. The van der Waals surface area contributed by atoms with E-state index in [0.717, 1.165) is 0 Å². The number of carbonyl (C=O) groups excluding carboxylic acids is 2. The molecule has 1 fully saturated rings. The molecule has 0 aromatic heterocycles. The molecule has 4 atom stereocenters. The molecular formula is C12H12O3. The Morgan fingerprint density at radius 3 is 2.13 bits per heavy atom. The lowest BCUT2D eigenvalue weighted by molar-refractivity contribution is -0.156. The van der Waals surface area contributed by atoms with Crippen molar-refractivity contribution in [3.63, 3.8) is 0 Å². The van der Waals surface area contributed by atoms with Crippen molar-refractivity contribution in [2.45, 2.75) is 13.0 Å². The predicted molar refractivity (Wildman–Crippen MR) is 52.8 cm³/mol. The maximum Gasteiger partial charge on any atom is 0.302 e. The van der Waals surface area contributed by atoms with E-state index in [2.05, 4.69) is 0 Å². The summed E-state index contributed by atoms with van der Waals surface area (Å²) < 4.78 is 5.31. The number of Topliss-reactive ketones (excluding diaryl/α,β-unsaturated/α-hetero) is 1. The van der Waals surface area contributed by atoms with Crippen molar-refractivity contribution in [1.82, 2.24) is 0 Å². The van der Waals surface area contributed by atoms with Crippen molar-refractivity contribution in [2.24, 2.45) is 23.7 Å². The van der Waals surface area contributed by atoms with Crippen LogP contribution in [0, 0.1) is 23.7 Å². The molecule has 0 N–H and O–H groups in total. The molecule has 0 spiro atoms. The molecule has 0 aliphatic heterocycles. The lowest BCUT2D eigenvalue weighted by Gasteiger charge is -2.34. The Morgan fingerprint density at radius 1 is 1.13 bits per heavy atom. The fourth-order valence-corrected chi connectivity index (χ4v) is 3.02. The Morgan fingerprint density at radius 2 is 1.67 bits per heavy atom. The van der Waals surface area contributed by atoms with Crippen LogP contribution in [0.5, 0.6) is 0 Å². The van der Waals surface area contributed by atoms with Crippen LogP contribution in [-0.4, -0.2) is 17.9 Å². The number of ketones is 1. The minimum Gasteiger partial charge on any atom is -0.461 e. The fourth-order valence-electron chi connectivity index (χ4n) is 3.02. The Kier molecular flexibility index (Phi) is 1.67. The van der Waals surface area contributed by atoms with Crippen LogP contribution < -0.4 is 0 Å². The topological polar surface area (TPSA) is 43.4 Å². The quantitative estimate of drug-likeness (QED) is 0.474. The molecule has 4 unspecified atom stereocenters. The molecule has 4 bridgehead atoms. The summed E-state index contributed by atoms with van der Waals surface area (Å²) in [5.41, 5.74) is 0. The zero-order chi connectivity index (χ0) is 10.6. The average Bonchev–Trinajstić information content (AvgIpc) is 2.56. The first-order chi connectivity index (χ1) is 7.18. The summed E-state index contributed by atoms with van der Waals surface area (Å²) in [6.07, 6.45) is 7.88. The van der Waals surface area contributed by atoms with Crippen LogP contribution in [0.25, 0.3) is 0 Å². The highest BCUT2D eigenvalue weighted by Gasteiger charge is 2.53. The van der Waals surface area contributed by atoms with Crippen LogP contribution in [0.2, 0.25) is 0 Å². The molecule has 1 saturated carbocycles. The molecule has 3 rings (SSSR count). The Bertz CT molecular complexity index is 368. The molecular weight excluding hydrogens is 192 g/mol. The van der Waals surface area contributed by atoms with Gasteiger partial charge in [0, 0.05) is 30.6 Å². The third-order valence-electron chi connectivity index (χ3n) is 3.63. The Labute approximate surface area is 87.8 Å². The van der Waals surface area contributed by atoms with E-state index in [1.807, 2.05) is 24.3 Å². The number of esters is 1. The maximum atomic E-state index is 11.8. The van der Waals surface area contributed by atoms with Crippen molar-refractivity contribution in [1.29, 1.82) is 0 Å². The predicted octanol–water partition coefficient (Wildman–Crippen LogP) is 1.11. The first kappa shape index (κ1) is 8.89. The van der Waals surface area contributed by atoms with E-state index in [1.54, 1.807) is 0 Å². The minimum atomic E-state index is -0.257. The van der Waals surface area contributed by atoms with Crippen LogP contribution in [0.3, 0.4) is 0 Å². The molecule has 0 heterocycles. The number of fused-ring (bicyclic) bond motifs is 6. The summed E-state index contributed by atoms with van der Waals surface area (Å²) >= 11 is 0. The summed E-state index contributed by atoms with van der Waals surface area (Å²) in [4.78, 5) is 22.8. The summed E-state index contributed by atoms with van der Waals surface area (Å²) in [6, 6.07) is 0. The van der Waals surface area contributed by atoms with Crippen molar-refractivity contribution in [3.8, 4) is 0 Å². The second kappa shape index (κ2) is 2.81. The van der Waals surface area contributed by atoms with Crippen molar-refractivity contribution in [3.05, 3.63) is 24.3 Å². The molecule has 3 aliphatic rings. The summed E-state index contributed by atoms with van der Waals surface area (Å²) in [6.45, 7) is 1.42. The normalized spacial score (nSPS) is 44.9. The first-order valence-corrected chi connectivity index (χ1v) is 5.26. The van der Waals surface area contributed by atoms with E-state index in [9.17, 15) is 9.59 Å². The molecule has 0 saturated heterocycles. The zero-order valence-corrected chi connectivity index (χ0v) is 8.42. The first-order valence-electron chi connectivity index (χ1n) is 5.26. The third-order valence-corrected chi connectivity index (χ3v) is 3.63. The maximum absolute atomic E-state index is 11.8. The van der Waals surface area contributed by atoms with Gasteiger partial charge in [0.15, 0.2) is 0 Å². The zero-order valence-electron chi connectivity index (χ0n) is 8.42. The summed E-state index contributed by atoms with van der Waals surface area (Å²) in [5, 5.41) is 0. The highest BCUT2D eigenvalue weighted by atomic mass is 16.5. The van der Waals surface area contributed by atoms with Crippen LogP contribution in [0.1, 0.15) is 6.92 Å². The van der Waals surface area contributed by atoms with Crippen molar-refractivity contribution < 1.29 is 14.3 Å². The molecule has 15 heavy (non-hydrogen) atoms. The monoisotopic (exact) mass is 204 g/mol. The number of allylic oxidation sites excluding steroid dienone is 2. The van der Waals surface area contributed by atoms with Gasteiger partial charge < -0.3 is 4.74 Å². The van der Waals surface area contributed by atoms with Crippen LogP contribution in [0.4, 0.5) is 0 Å². The standard InChI is InChI=1S/C12H12O3/c1-6(13)15-12-9-4-5-10(12)8-3-2-7(9)11(8)14/h2-5,7-10,12H,1H3. The van der Waals surface area contributed by atoms with E-state index in [-0.39, 0.29) is 35.7 Å². The highest BCUT2D eigenvalue weighted by Crippen LogP contribution is 2.48. The van der Waals surface area contributed by atoms with Gasteiger partial charge in [-0.25, -0.2) is 0 Å². The molecule has 0 aromatic rings. The molecule has 78 valence electrons. The van der Waals surface area contributed by atoms with Gasteiger partial charge in [0.2, 0.25) is 0 Å². The lowest BCUT2D eigenvalue weighted by Crippen LogP contribution is -2.43. The van der Waals surface area contributed by atoms with Crippen LogP contribution in [-0.2, 0) is 14.3 Å². The Hall–Kier alpha value is -1.38. The van der Waals surface area contributed by atoms with E-state index < -0.39 is 0 Å². The average molecular weight is 204 g/mol. The van der Waals surface area contributed by atoms with Crippen LogP contribution in [0.15, 0.2) is 24.3 Å². The molecule has 3 aliphatic carbocycles. The summed E-state index contributed by atoms with van der Waals surface area (Å²) in [5.74, 6) is 0.0531. The van der Waals surface area contributed by atoms with Gasteiger partial charge >= 0.3 is 5.97 Å². The van der Waals surface area contributed by atoms with Crippen molar-refractivity contribution in [2.75, 3.05) is 0 Å². The van der Waals surface area contributed by atoms with Gasteiger partial charge in [-0.3, -0.25) is 9.59 Å². The van der Waals surface area contributed by atoms with Crippen molar-refractivity contribution >= 4 is 11.8 Å². The summed E-state index contributed by atoms with van der Waals surface area (Å²) in [7, 11) is 0. The number of hydrogen-bond donors (Lipinski definition) is 0. The van der Waals surface area contributed by atoms with E-state index in [0.29, 0.717) is 5.78 Å². The SMILES string of the molecule is CC(=O)OC1C2C=CC1C1C=CC2C1=O. The molecule has 0 radical (unpaired) electrons. The number of rotatable bonds is 1. The van der Waals surface area contributed by atoms with Crippen LogP contribution >= 0.6 is 0 Å². The van der Waals surface area contributed by atoms with E-state index >= 15 is 0 Å². The van der Waals surface area contributed by atoms with Gasteiger partial charge in [-0.2, -0.15) is 0 Å². The second-order valence-corrected chi connectivity index (χ2v) is 4.45. The largest absolute Gasteiger partial charge is 0.461 e. The molecule has 0 aromatic carbocycles. The molecule has 3 nitrogen and oxygen atoms in total. The van der Waals surface area contributed by atoms with Gasteiger partial charge in [-0.05, 0) is 0 Å². The number of ether oxygens (including phenoxy) is 1. The number of hydrogen-bond acceptors (Lipinski definition) is 3. The minimum absolute atomic E-state index is 0.0608. The number of carbonyl (C=O) groups is 2. The Balaban J connectivity index is 1.93.